The minimum Gasteiger partial charge on any atom is -0.497 e. The average molecular weight is 456 g/mol. The normalized spacial score (nSPS) is 10.5. The fraction of sp³-hybridized carbons (Fsp3) is 0.261. The van der Waals surface area contributed by atoms with Crippen molar-refractivity contribution in [1.29, 1.82) is 0 Å². The first kappa shape index (κ1) is 22.8. The number of anilines is 2. The molecule has 1 heterocycles. The van der Waals surface area contributed by atoms with Gasteiger partial charge < -0.3 is 15.4 Å². The summed E-state index contributed by atoms with van der Waals surface area (Å²) in [5, 5.41) is 8.22. The number of nitrogens with zero attached hydrogens (tertiary/aromatic N) is 1. The molecular formula is C23H25N3O3S2. The van der Waals surface area contributed by atoms with Gasteiger partial charge in [-0.05, 0) is 55.0 Å². The van der Waals surface area contributed by atoms with E-state index in [9.17, 15) is 9.59 Å². The van der Waals surface area contributed by atoms with E-state index < -0.39 is 0 Å². The molecule has 8 heteroatoms. The first-order valence-electron chi connectivity index (χ1n) is 10.00. The number of methoxy groups -OCH3 is 1. The highest BCUT2D eigenvalue weighted by Crippen LogP contribution is 2.27. The van der Waals surface area contributed by atoms with Crippen molar-refractivity contribution in [2.24, 2.45) is 0 Å². The highest BCUT2D eigenvalue weighted by molar-refractivity contribution is 8.00. The molecule has 2 aromatic carbocycles. The fourth-order valence-corrected chi connectivity index (χ4v) is 4.16. The molecule has 162 valence electrons. The van der Waals surface area contributed by atoms with Gasteiger partial charge in [0.05, 0.1) is 18.6 Å². The highest BCUT2D eigenvalue weighted by Gasteiger charge is 2.09. The van der Waals surface area contributed by atoms with Gasteiger partial charge in [0.25, 0.3) is 0 Å². The second kappa shape index (κ2) is 11.5. The molecule has 0 fully saturated rings. The Balaban J connectivity index is 1.47. The van der Waals surface area contributed by atoms with Gasteiger partial charge in [0.1, 0.15) is 5.75 Å². The van der Waals surface area contributed by atoms with E-state index in [4.69, 9.17) is 4.74 Å². The van der Waals surface area contributed by atoms with Crippen molar-refractivity contribution < 1.29 is 14.3 Å². The van der Waals surface area contributed by atoms with E-state index >= 15 is 0 Å². The second-order valence-corrected chi connectivity index (χ2v) is 8.69. The molecule has 0 bridgehead atoms. The van der Waals surface area contributed by atoms with Crippen LogP contribution in [0.1, 0.15) is 26.2 Å². The molecule has 0 radical (unpaired) electrons. The monoisotopic (exact) mass is 455 g/mol. The number of benzene rings is 2. The third kappa shape index (κ3) is 7.11. The maximum atomic E-state index is 12.3. The third-order valence-electron chi connectivity index (χ3n) is 4.40. The van der Waals surface area contributed by atoms with Crippen LogP contribution in [0.2, 0.25) is 0 Å². The van der Waals surface area contributed by atoms with Crippen molar-refractivity contribution in [3.8, 4) is 17.0 Å². The summed E-state index contributed by atoms with van der Waals surface area (Å²) in [4.78, 5) is 29.5. The molecule has 6 nitrogen and oxygen atoms in total. The van der Waals surface area contributed by atoms with Crippen molar-refractivity contribution in [1.82, 2.24) is 4.98 Å². The molecule has 3 aromatic rings. The predicted octanol–water partition coefficient (Wildman–Crippen LogP) is 5.68. The van der Waals surface area contributed by atoms with Gasteiger partial charge in [0.2, 0.25) is 11.8 Å². The van der Waals surface area contributed by atoms with Crippen LogP contribution in [0, 0.1) is 0 Å². The van der Waals surface area contributed by atoms with Gasteiger partial charge in [-0.1, -0.05) is 13.3 Å². The number of thiazole rings is 1. The molecule has 0 aliphatic carbocycles. The van der Waals surface area contributed by atoms with Crippen LogP contribution >= 0.6 is 23.1 Å². The number of aromatic nitrogens is 1. The Bertz CT molecular complexity index is 1000. The van der Waals surface area contributed by atoms with E-state index in [1.165, 1.54) is 23.1 Å². The van der Waals surface area contributed by atoms with E-state index in [1.54, 1.807) is 7.11 Å². The van der Waals surface area contributed by atoms with Gasteiger partial charge in [-0.2, -0.15) is 0 Å². The number of rotatable bonds is 10. The predicted molar refractivity (Wildman–Crippen MR) is 128 cm³/mol. The SMILES string of the molecule is CCCCC(=O)Nc1ccc(SCC(=O)Nc2nc(-c3ccc(OC)cc3)cs2)cc1. The summed E-state index contributed by atoms with van der Waals surface area (Å²) in [5.41, 5.74) is 2.55. The summed E-state index contributed by atoms with van der Waals surface area (Å²) in [6.45, 7) is 2.06. The zero-order chi connectivity index (χ0) is 22.1. The van der Waals surface area contributed by atoms with Gasteiger partial charge in [-0.25, -0.2) is 4.98 Å². The Morgan fingerprint density at radius 1 is 1.03 bits per heavy atom. The highest BCUT2D eigenvalue weighted by atomic mass is 32.2. The molecule has 0 aliphatic heterocycles. The van der Waals surface area contributed by atoms with Gasteiger partial charge >= 0.3 is 0 Å². The van der Waals surface area contributed by atoms with Crippen LogP contribution in [0.15, 0.2) is 58.8 Å². The van der Waals surface area contributed by atoms with Crippen molar-refractivity contribution in [2.75, 3.05) is 23.5 Å². The lowest BCUT2D eigenvalue weighted by molar-refractivity contribution is -0.116. The molecule has 1 aromatic heterocycles. The summed E-state index contributed by atoms with van der Waals surface area (Å²) in [6, 6.07) is 15.1. The van der Waals surface area contributed by atoms with Crippen LogP contribution in [0.4, 0.5) is 10.8 Å². The van der Waals surface area contributed by atoms with Crippen LogP contribution in [-0.4, -0.2) is 29.7 Å². The number of nitrogens with one attached hydrogen (secondary N) is 2. The number of hydrogen-bond donors (Lipinski definition) is 2. The molecule has 0 saturated heterocycles. The molecule has 0 unspecified atom stereocenters. The molecule has 3 rings (SSSR count). The maximum Gasteiger partial charge on any atom is 0.236 e. The topological polar surface area (TPSA) is 80.3 Å². The van der Waals surface area contributed by atoms with Gasteiger partial charge in [0.15, 0.2) is 5.13 Å². The van der Waals surface area contributed by atoms with E-state index in [2.05, 4.69) is 22.5 Å². The maximum absolute atomic E-state index is 12.3. The van der Waals surface area contributed by atoms with Crippen LogP contribution in [0.3, 0.4) is 0 Å². The minimum atomic E-state index is -0.113. The van der Waals surface area contributed by atoms with E-state index in [0.29, 0.717) is 11.6 Å². The van der Waals surface area contributed by atoms with Crippen LogP contribution < -0.4 is 15.4 Å². The molecule has 31 heavy (non-hydrogen) atoms. The molecule has 0 atom stereocenters. The lowest BCUT2D eigenvalue weighted by Gasteiger charge is -2.06. The fourth-order valence-electron chi connectivity index (χ4n) is 2.73. The van der Waals surface area contributed by atoms with Crippen LogP contribution in [0.25, 0.3) is 11.3 Å². The zero-order valence-electron chi connectivity index (χ0n) is 17.5. The van der Waals surface area contributed by atoms with Crippen LogP contribution in [-0.2, 0) is 9.59 Å². The first-order chi connectivity index (χ1) is 15.1. The Hall–Kier alpha value is -2.84. The van der Waals surface area contributed by atoms with Gasteiger partial charge in [0, 0.05) is 27.9 Å². The molecule has 0 saturated carbocycles. The summed E-state index contributed by atoms with van der Waals surface area (Å²) >= 11 is 2.83. The Morgan fingerprint density at radius 2 is 1.77 bits per heavy atom. The van der Waals surface area contributed by atoms with E-state index in [0.717, 1.165) is 40.4 Å². The largest absolute Gasteiger partial charge is 0.497 e. The Morgan fingerprint density at radius 3 is 2.45 bits per heavy atom. The quantitative estimate of drug-likeness (QED) is 0.385. The van der Waals surface area contributed by atoms with Crippen molar-refractivity contribution in [2.45, 2.75) is 31.1 Å². The van der Waals surface area contributed by atoms with Crippen molar-refractivity contribution >= 4 is 45.7 Å². The smallest absolute Gasteiger partial charge is 0.236 e. The van der Waals surface area contributed by atoms with Gasteiger partial charge in [-0.15, -0.1) is 23.1 Å². The summed E-state index contributed by atoms with van der Waals surface area (Å²) in [7, 11) is 1.63. The first-order valence-corrected chi connectivity index (χ1v) is 11.9. The molecule has 2 N–H and O–H groups in total. The lowest BCUT2D eigenvalue weighted by atomic mass is 10.2. The van der Waals surface area contributed by atoms with E-state index in [-0.39, 0.29) is 17.6 Å². The second-order valence-electron chi connectivity index (χ2n) is 6.78. The summed E-state index contributed by atoms with van der Waals surface area (Å²) in [6.07, 6.45) is 2.41. The Labute approximate surface area is 190 Å². The molecular weight excluding hydrogens is 430 g/mol. The molecule has 2 amide bonds. The number of unbranched alkanes of at least 4 members (excludes halogenated alkanes) is 1. The minimum absolute atomic E-state index is 0.0269. The summed E-state index contributed by atoms with van der Waals surface area (Å²) in [5.74, 6) is 0.979. The van der Waals surface area contributed by atoms with Crippen LogP contribution in [0.5, 0.6) is 5.75 Å². The standard InChI is InChI=1S/C23H25N3O3S2/c1-3-4-5-21(27)24-17-8-12-19(13-9-17)30-15-22(28)26-23-25-20(14-31-23)16-6-10-18(29-2)11-7-16/h6-14H,3-5,15H2,1-2H3,(H,24,27)(H,25,26,28). The van der Waals surface area contributed by atoms with E-state index in [1.807, 2.05) is 53.9 Å². The number of hydrogen-bond acceptors (Lipinski definition) is 6. The lowest BCUT2D eigenvalue weighted by Crippen LogP contribution is -2.13. The summed E-state index contributed by atoms with van der Waals surface area (Å²) < 4.78 is 5.17. The molecule has 0 aliphatic rings. The zero-order valence-corrected chi connectivity index (χ0v) is 19.1. The third-order valence-corrected chi connectivity index (χ3v) is 6.17. The molecule has 0 spiro atoms. The van der Waals surface area contributed by atoms with Crippen molar-refractivity contribution in [3.05, 3.63) is 53.9 Å². The number of thioether (sulfide) groups is 1. The number of amides is 2. The number of ether oxygens (including phenoxy) is 1. The van der Waals surface area contributed by atoms with Crippen molar-refractivity contribution in [3.63, 3.8) is 0 Å². The number of carbonyl (C=O) groups is 2. The average Bonchev–Trinajstić information content (AvgIpc) is 3.25. The number of carbonyl (C=O) groups excluding carboxylic acids is 2. The van der Waals surface area contributed by atoms with Gasteiger partial charge in [-0.3, -0.25) is 9.59 Å². The Kier molecular flexibility index (Phi) is 8.49.